The molecule has 3 heterocycles. The van der Waals surface area contributed by atoms with Gasteiger partial charge in [0.15, 0.2) is 5.13 Å². The molecule has 1 aliphatic rings. The summed E-state index contributed by atoms with van der Waals surface area (Å²) in [7, 11) is 0. The highest BCUT2D eigenvalue weighted by Gasteiger charge is 2.21. The molecule has 3 rings (SSSR count). The van der Waals surface area contributed by atoms with Crippen molar-refractivity contribution in [3.63, 3.8) is 0 Å². The zero-order chi connectivity index (χ0) is 16.9. The second kappa shape index (κ2) is 7.81. The first-order valence-corrected chi connectivity index (χ1v) is 9.12. The molecule has 2 aromatic heterocycles. The Morgan fingerprint density at radius 1 is 1.33 bits per heavy atom. The summed E-state index contributed by atoms with van der Waals surface area (Å²) in [5, 5.41) is 3.42. The van der Waals surface area contributed by atoms with Gasteiger partial charge in [-0.1, -0.05) is 0 Å². The number of carbonyl (C=O) groups excluding carboxylic acids is 1. The zero-order valence-corrected chi connectivity index (χ0v) is 15.0. The maximum absolute atomic E-state index is 11.1. The number of aryl methyl sites for hydroxylation is 1. The molecular formula is C17H23N5OS. The van der Waals surface area contributed by atoms with E-state index >= 15 is 0 Å². The quantitative estimate of drug-likeness (QED) is 0.902. The molecule has 0 spiro atoms. The molecule has 1 aliphatic heterocycles. The first-order chi connectivity index (χ1) is 11.6. The third-order valence-electron chi connectivity index (χ3n) is 4.12. The van der Waals surface area contributed by atoms with Gasteiger partial charge in [-0.05, 0) is 37.8 Å². The zero-order valence-electron chi connectivity index (χ0n) is 14.2. The van der Waals surface area contributed by atoms with Crippen LogP contribution < -0.4 is 5.32 Å². The molecule has 24 heavy (non-hydrogen) atoms. The number of nitrogens with zero attached hydrogens (tertiary/aromatic N) is 4. The van der Waals surface area contributed by atoms with Crippen LogP contribution in [0.25, 0.3) is 0 Å². The number of nitrogens with one attached hydrogen (secondary N) is 1. The number of thiazole rings is 1. The number of piperidine rings is 1. The van der Waals surface area contributed by atoms with Crippen LogP contribution in [0.4, 0.5) is 5.13 Å². The number of rotatable bonds is 5. The predicted octanol–water partition coefficient (Wildman–Crippen LogP) is 2.65. The fraction of sp³-hybridized carbons (Fsp3) is 0.529. The molecule has 1 N–H and O–H groups in total. The molecule has 0 aliphatic carbocycles. The third-order valence-corrected chi connectivity index (χ3v) is 5.02. The van der Waals surface area contributed by atoms with Crippen LogP contribution in [0.1, 0.15) is 36.0 Å². The number of hydrogen-bond acceptors (Lipinski definition) is 6. The second-order valence-electron chi connectivity index (χ2n) is 6.44. The van der Waals surface area contributed by atoms with E-state index in [9.17, 15) is 4.79 Å². The summed E-state index contributed by atoms with van der Waals surface area (Å²) >= 11 is 1.55. The largest absolute Gasteiger partial charge is 0.302 e. The Morgan fingerprint density at radius 2 is 2.12 bits per heavy atom. The van der Waals surface area contributed by atoms with Crippen LogP contribution in [0.2, 0.25) is 0 Å². The van der Waals surface area contributed by atoms with Gasteiger partial charge in [-0.15, -0.1) is 11.3 Å². The summed E-state index contributed by atoms with van der Waals surface area (Å²) in [5.41, 5.74) is 1.10. The summed E-state index contributed by atoms with van der Waals surface area (Å²) in [6, 6.07) is 0. The third kappa shape index (κ3) is 4.82. The Balaban J connectivity index is 1.54. The van der Waals surface area contributed by atoms with Crippen LogP contribution in [-0.4, -0.2) is 38.8 Å². The molecule has 0 radical (unpaired) electrons. The Labute approximate surface area is 146 Å². The molecule has 0 bridgehead atoms. The average molecular weight is 345 g/mol. The molecule has 7 heteroatoms. The highest BCUT2D eigenvalue weighted by molar-refractivity contribution is 7.15. The smallest absolute Gasteiger partial charge is 0.223 e. The number of amides is 1. The average Bonchev–Trinajstić information content (AvgIpc) is 2.96. The van der Waals surface area contributed by atoms with Crippen LogP contribution in [-0.2, 0) is 17.8 Å². The summed E-state index contributed by atoms with van der Waals surface area (Å²) in [6.07, 6.45) is 9.02. The van der Waals surface area contributed by atoms with Crippen molar-refractivity contribution in [3.8, 4) is 0 Å². The lowest BCUT2D eigenvalue weighted by Crippen LogP contribution is -2.35. The topological polar surface area (TPSA) is 71.0 Å². The van der Waals surface area contributed by atoms with E-state index in [1.54, 1.807) is 11.3 Å². The highest BCUT2D eigenvalue weighted by atomic mass is 32.1. The standard InChI is InChI=1S/C17H23N5OS/c1-12-7-18-16(19-8-12)6-14-4-3-5-22(10-14)11-15-9-20-17(24-15)21-13(2)23/h7-9,14H,3-6,10-11H2,1-2H3,(H,20,21,23). The first kappa shape index (κ1) is 17.0. The molecule has 0 aromatic carbocycles. The van der Waals surface area contributed by atoms with Gasteiger partial charge < -0.3 is 5.32 Å². The van der Waals surface area contributed by atoms with Crippen molar-refractivity contribution in [1.29, 1.82) is 0 Å². The van der Waals surface area contributed by atoms with E-state index in [0.29, 0.717) is 11.0 Å². The van der Waals surface area contributed by atoms with Crippen molar-refractivity contribution in [1.82, 2.24) is 19.9 Å². The molecule has 1 amide bonds. The van der Waals surface area contributed by atoms with Gasteiger partial charge in [-0.25, -0.2) is 15.0 Å². The van der Waals surface area contributed by atoms with E-state index in [0.717, 1.165) is 37.4 Å². The Bertz CT molecular complexity index is 685. The number of aromatic nitrogens is 3. The van der Waals surface area contributed by atoms with Gasteiger partial charge in [0.1, 0.15) is 5.82 Å². The van der Waals surface area contributed by atoms with Gasteiger partial charge >= 0.3 is 0 Å². The van der Waals surface area contributed by atoms with Crippen molar-refractivity contribution in [3.05, 3.63) is 34.9 Å². The molecule has 2 aromatic rings. The van der Waals surface area contributed by atoms with Gasteiger partial charge in [0.25, 0.3) is 0 Å². The minimum absolute atomic E-state index is 0.0768. The van der Waals surface area contributed by atoms with Crippen molar-refractivity contribution in [2.24, 2.45) is 5.92 Å². The van der Waals surface area contributed by atoms with E-state index in [4.69, 9.17) is 0 Å². The Hall–Kier alpha value is -1.86. The van der Waals surface area contributed by atoms with Crippen LogP contribution in [0.3, 0.4) is 0 Å². The number of likely N-dealkylation sites (tertiary alicyclic amines) is 1. The number of hydrogen-bond donors (Lipinski definition) is 1. The van der Waals surface area contributed by atoms with Crippen molar-refractivity contribution in [2.75, 3.05) is 18.4 Å². The molecule has 1 unspecified atom stereocenters. The minimum atomic E-state index is -0.0768. The lowest BCUT2D eigenvalue weighted by molar-refractivity contribution is -0.114. The molecule has 1 atom stereocenters. The van der Waals surface area contributed by atoms with Crippen LogP contribution in [0.5, 0.6) is 0 Å². The Kier molecular flexibility index (Phi) is 5.52. The fourth-order valence-electron chi connectivity index (χ4n) is 3.05. The molecule has 0 saturated carbocycles. The number of anilines is 1. The molecular weight excluding hydrogens is 322 g/mol. The summed E-state index contributed by atoms with van der Waals surface area (Å²) < 4.78 is 0. The van der Waals surface area contributed by atoms with E-state index in [2.05, 4.69) is 25.2 Å². The highest BCUT2D eigenvalue weighted by Crippen LogP contribution is 2.24. The van der Waals surface area contributed by atoms with Gasteiger partial charge in [0.2, 0.25) is 5.91 Å². The van der Waals surface area contributed by atoms with Crippen LogP contribution in [0, 0.1) is 12.8 Å². The summed E-state index contributed by atoms with van der Waals surface area (Å²) in [6.45, 7) is 6.57. The van der Waals surface area contributed by atoms with E-state index in [1.165, 1.54) is 24.6 Å². The van der Waals surface area contributed by atoms with Gasteiger partial charge in [0, 0.05) is 49.9 Å². The van der Waals surface area contributed by atoms with Gasteiger partial charge in [-0.3, -0.25) is 9.69 Å². The predicted molar refractivity (Wildman–Crippen MR) is 94.9 cm³/mol. The van der Waals surface area contributed by atoms with E-state index < -0.39 is 0 Å². The maximum atomic E-state index is 11.1. The minimum Gasteiger partial charge on any atom is -0.302 e. The molecule has 6 nitrogen and oxygen atoms in total. The fourth-order valence-corrected chi connectivity index (χ4v) is 3.95. The summed E-state index contributed by atoms with van der Waals surface area (Å²) in [5.74, 6) is 1.47. The lowest BCUT2D eigenvalue weighted by atomic mass is 9.94. The summed E-state index contributed by atoms with van der Waals surface area (Å²) in [4.78, 5) is 27.9. The van der Waals surface area contributed by atoms with Crippen molar-refractivity contribution >= 4 is 22.4 Å². The lowest BCUT2D eigenvalue weighted by Gasteiger charge is -2.32. The maximum Gasteiger partial charge on any atom is 0.223 e. The number of carbonyl (C=O) groups is 1. The SMILES string of the molecule is CC(=O)Nc1ncc(CN2CCCC(Cc3ncc(C)cn3)C2)s1. The van der Waals surface area contributed by atoms with E-state index in [-0.39, 0.29) is 5.91 Å². The second-order valence-corrected chi connectivity index (χ2v) is 7.55. The molecule has 128 valence electrons. The monoisotopic (exact) mass is 345 g/mol. The van der Waals surface area contributed by atoms with Crippen LogP contribution >= 0.6 is 11.3 Å². The van der Waals surface area contributed by atoms with Gasteiger partial charge in [-0.2, -0.15) is 0 Å². The van der Waals surface area contributed by atoms with E-state index in [1.807, 2.05) is 25.5 Å². The first-order valence-electron chi connectivity index (χ1n) is 8.30. The van der Waals surface area contributed by atoms with Crippen LogP contribution in [0.15, 0.2) is 18.6 Å². The molecule has 1 saturated heterocycles. The van der Waals surface area contributed by atoms with Crippen molar-refractivity contribution < 1.29 is 4.79 Å². The Morgan fingerprint density at radius 3 is 2.88 bits per heavy atom. The van der Waals surface area contributed by atoms with Gasteiger partial charge in [0.05, 0.1) is 0 Å². The normalized spacial score (nSPS) is 18.5. The van der Waals surface area contributed by atoms with Crippen molar-refractivity contribution in [2.45, 2.75) is 39.7 Å². The molecule has 1 fully saturated rings.